The number of nitrogen functional groups attached to an aromatic ring is 1. The minimum Gasteiger partial charge on any atom is -0.397 e. The molecule has 1 aromatic rings. The zero-order valence-electron chi connectivity index (χ0n) is 7.79. The van der Waals surface area contributed by atoms with E-state index in [1.165, 1.54) is 0 Å². The SMILES string of the molecule is Nc1c(C(F)(F)F)ccc(Br)c1SC(F)(F)F. The highest BCUT2D eigenvalue weighted by atomic mass is 79.9. The molecule has 1 nitrogen and oxygen atoms in total. The van der Waals surface area contributed by atoms with Gasteiger partial charge in [0.1, 0.15) is 0 Å². The van der Waals surface area contributed by atoms with Crippen LogP contribution in [0.25, 0.3) is 0 Å². The van der Waals surface area contributed by atoms with Crippen molar-refractivity contribution in [3.63, 3.8) is 0 Å². The van der Waals surface area contributed by atoms with Crippen LogP contribution in [0, 0.1) is 0 Å². The minimum absolute atomic E-state index is 0.134. The molecule has 0 unspecified atom stereocenters. The molecule has 17 heavy (non-hydrogen) atoms. The summed E-state index contributed by atoms with van der Waals surface area (Å²) in [6, 6.07) is 1.51. The van der Waals surface area contributed by atoms with Crippen LogP contribution in [0.2, 0.25) is 0 Å². The summed E-state index contributed by atoms with van der Waals surface area (Å²) in [5.41, 5.74) is -1.82. The molecule has 0 aliphatic heterocycles. The number of rotatable bonds is 1. The number of hydrogen-bond acceptors (Lipinski definition) is 2. The number of halogens is 7. The molecule has 0 spiro atoms. The van der Waals surface area contributed by atoms with E-state index in [2.05, 4.69) is 15.9 Å². The van der Waals surface area contributed by atoms with E-state index in [-0.39, 0.29) is 4.47 Å². The van der Waals surface area contributed by atoms with E-state index in [1.807, 2.05) is 0 Å². The van der Waals surface area contributed by atoms with Crippen LogP contribution in [-0.2, 0) is 6.18 Å². The van der Waals surface area contributed by atoms with Gasteiger partial charge in [0.15, 0.2) is 0 Å². The zero-order valence-corrected chi connectivity index (χ0v) is 10.2. The Morgan fingerprint density at radius 3 is 2.00 bits per heavy atom. The predicted octanol–water partition coefficient (Wildman–Crippen LogP) is 4.66. The Morgan fingerprint density at radius 1 is 1.06 bits per heavy atom. The summed E-state index contributed by atoms with van der Waals surface area (Å²) in [5, 5.41) is 0. The van der Waals surface area contributed by atoms with Gasteiger partial charge in [0, 0.05) is 4.47 Å². The molecule has 0 heterocycles. The first-order valence-electron chi connectivity index (χ1n) is 3.93. The average Bonchev–Trinajstić information content (AvgIpc) is 2.08. The molecule has 0 atom stereocenters. The van der Waals surface area contributed by atoms with E-state index in [1.54, 1.807) is 0 Å². The first-order valence-corrected chi connectivity index (χ1v) is 5.54. The summed E-state index contributed by atoms with van der Waals surface area (Å²) in [6.07, 6.45) is -4.79. The van der Waals surface area contributed by atoms with Gasteiger partial charge in [-0.25, -0.2) is 0 Å². The predicted molar refractivity (Wildman–Crippen MR) is 55.5 cm³/mol. The first kappa shape index (κ1) is 14.5. The Kier molecular flexibility index (Phi) is 3.92. The molecule has 1 aromatic carbocycles. The van der Waals surface area contributed by atoms with Crippen LogP contribution in [0.15, 0.2) is 21.5 Å². The van der Waals surface area contributed by atoms with Gasteiger partial charge in [-0.2, -0.15) is 26.3 Å². The lowest BCUT2D eigenvalue weighted by atomic mass is 10.2. The molecule has 0 amide bonds. The standard InChI is InChI=1S/C8H4BrF6NS/c9-4-2-1-3(7(10,11)12)5(16)6(4)17-8(13,14)15/h1-2H,16H2. The van der Waals surface area contributed by atoms with Gasteiger partial charge in [0.25, 0.3) is 0 Å². The van der Waals surface area contributed by atoms with Crippen LogP contribution in [0.3, 0.4) is 0 Å². The van der Waals surface area contributed by atoms with E-state index < -0.39 is 39.6 Å². The highest BCUT2D eigenvalue weighted by Crippen LogP contribution is 2.47. The summed E-state index contributed by atoms with van der Waals surface area (Å²) < 4.78 is 73.5. The first-order chi connectivity index (χ1) is 7.52. The van der Waals surface area contributed by atoms with Crippen LogP contribution in [0.4, 0.5) is 32.0 Å². The summed E-state index contributed by atoms with van der Waals surface area (Å²) in [4.78, 5) is -0.688. The lowest BCUT2D eigenvalue weighted by molar-refractivity contribution is -0.137. The van der Waals surface area contributed by atoms with E-state index in [0.29, 0.717) is 6.07 Å². The van der Waals surface area contributed by atoms with Crippen LogP contribution in [0.5, 0.6) is 0 Å². The van der Waals surface area contributed by atoms with Gasteiger partial charge in [0.2, 0.25) is 0 Å². The van der Waals surface area contributed by atoms with Crippen molar-refractivity contribution in [2.75, 3.05) is 5.73 Å². The van der Waals surface area contributed by atoms with E-state index in [0.717, 1.165) is 6.07 Å². The third kappa shape index (κ3) is 3.70. The Bertz CT molecular complexity index is 427. The van der Waals surface area contributed by atoms with Crippen LogP contribution < -0.4 is 5.73 Å². The quantitative estimate of drug-likeness (QED) is 0.457. The number of alkyl halides is 6. The summed E-state index contributed by atoms with van der Waals surface area (Å²) in [6.45, 7) is 0. The Labute approximate surface area is 104 Å². The Morgan fingerprint density at radius 2 is 1.59 bits per heavy atom. The van der Waals surface area contributed by atoms with E-state index in [9.17, 15) is 26.3 Å². The molecule has 0 saturated carbocycles. The second kappa shape index (κ2) is 4.60. The molecule has 0 saturated heterocycles. The fourth-order valence-electron chi connectivity index (χ4n) is 1.04. The lowest BCUT2D eigenvalue weighted by Crippen LogP contribution is -2.11. The van der Waals surface area contributed by atoms with Crippen molar-refractivity contribution in [3.8, 4) is 0 Å². The molecular formula is C8H4BrF6NS. The molecule has 0 aliphatic carbocycles. The fraction of sp³-hybridized carbons (Fsp3) is 0.250. The highest BCUT2D eigenvalue weighted by Gasteiger charge is 2.37. The molecule has 96 valence electrons. The number of thioether (sulfide) groups is 1. The fourth-order valence-corrected chi connectivity index (χ4v) is 2.25. The third-order valence-corrected chi connectivity index (χ3v) is 3.47. The van der Waals surface area contributed by atoms with Gasteiger partial charge in [0.05, 0.1) is 16.1 Å². The average molecular weight is 340 g/mol. The number of benzene rings is 1. The van der Waals surface area contributed by atoms with Crippen LogP contribution in [-0.4, -0.2) is 5.51 Å². The van der Waals surface area contributed by atoms with Crippen LogP contribution >= 0.6 is 27.7 Å². The molecule has 2 N–H and O–H groups in total. The third-order valence-electron chi connectivity index (χ3n) is 1.67. The Balaban J connectivity index is 3.31. The molecule has 0 radical (unpaired) electrons. The molecule has 0 aromatic heterocycles. The molecule has 0 fully saturated rings. The van der Waals surface area contributed by atoms with Gasteiger partial charge >= 0.3 is 11.7 Å². The summed E-state index contributed by atoms with van der Waals surface area (Å²) in [7, 11) is 0. The molecule has 0 aliphatic rings. The second-order valence-electron chi connectivity index (χ2n) is 2.88. The number of nitrogens with two attached hydrogens (primary N) is 1. The van der Waals surface area contributed by atoms with Gasteiger partial charge in [-0.1, -0.05) is 0 Å². The lowest BCUT2D eigenvalue weighted by Gasteiger charge is -2.15. The van der Waals surface area contributed by atoms with Crippen molar-refractivity contribution >= 4 is 33.4 Å². The molecule has 0 bridgehead atoms. The van der Waals surface area contributed by atoms with Crippen molar-refractivity contribution in [2.24, 2.45) is 0 Å². The molecular weight excluding hydrogens is 336 g/mol. The second-order valence-corrected chi connectivity index (χ2v) is 4.81. The molecule has 1 rings (SSSR count). The normalized spacial score (nSPS) is 12.9. The van der Waals surface area contributed by atoms with Gasteiger partial charge < -0.3 is 5.73 Å². The van der Waals surface area contributed by atoms with Crippen LogP contribution in [0.1, 0.15) is 5.56 Å². The smallest absolute Gasteiger partial charge is 0.397 e. The summed E-state index contributed by atoms with van der Waals surface area (Å²) in [5.74, 6) is 0. The van der Waals surface area contributed by atoms with Crippen molar-refractivity contribution < 1.29 is 26.3 Å². The van der Waals surface area contributed by atoms with E-state index >= 15 is 0 Å². The molecule has 9 heteroatoms. The number of anilines is 1. The monoisotopic (exact) mass is 339 g/mol. The maximum Gasteiger partial charge on any atom is 0.446 e. The van der Waals surface area contributed by atoms with Gasteiger partial charge in [-0.15, -0.1) is 0 Å². The Hall–Kier alpha value is -0.570. The minimum atomic E-state index is -4.79. The van der Waals surface area contributed by atoms with Crippen molar-refractivity contribution in [1.82, 2.24) is 0 Å². The van der Waals surface area contributed by atoms with E-state index in [4.69, 9.17) is 5.73 Å². The number of hydrogen-bond donors (Lipinski definition) is 1. The summed E-state index contributed by atoms with van der Waals surface area (Å²) >= 11 is 2.04. The maximum atomic E-state index is 12.4. The maximum absolute atomic E-state index is 12.4. The van der Waals surface area contributed by atoms with Gasteiger partial charge in [-0.3, -0.25) is 0 Å². The van der Waals surface area contributed by atoms with Crippen molar-refractivity contribution in [3.05, 3.63) is 22.2 Å². The topological polar surface area (TPSA) is 26.0 Å². The largest absolute Gasteiger partial charge is 0.446 e. The van der Waals surface area contributed by atoms with Crippen molar-refractivity contribution in [2.45, 2.75) is 16.6 Å². The zero-order chi connectivity index (χ0) is 13.4. The highest BCUT2D eigenvalue weighted by molar-refractivity contribution is 9.10. The van der Waals surface area contributed by atoms with Crippen molar-refractivity contribution in [1.29, 1.82) is 0 Å². The van der Waals surface area contributed by atoms with Gasteiger partial charge in [-0.05, 0) is 39.8 Å².